The number of nitrogens with two attached hydrogens (primary N) is 1. The number of para-hydroxylation sites is 1. The molecule has 1 rings (SSSR count). The predicted molar refractivity (Wildman–Crippen MR) is 80.8 cm³/mol. The molecule has 0 aliphatic carbocycles. The summed E-state index contributed by atoms with van der Waals surface area (Å²) in [6.07, 6.45) is 2.35. The van der Waals surface area contributed by atoms with Gasteiger partial charge in [0, 0.05) is 0 Å². The molecule has 0 heterocycles. The van der Waals surface area contributed by atoms with E-state index in [0.29, 0.717) is 18.5 Å². The fraction of sp³-hybridized carbons (Fsp3) is 0.308. The number of phenols is 1. The highest BCUT2D eigenvalue weighted by atomic mass is 32.1. The molecular weight excluding hydrogens is 278 g/mol. The van der Waals surface area contributed by atoms with Crippen molar-refractivity contribution in [2.75, 3.05) is 6.61 Å². The standard InChI is InChI=1S/C13H17N3O3S/c1-2-3-7-19-12(15-16-13(14)20)10-6-4-5-9(8-17)11(10)18/h4-6,8,18H,2-3,7H2,1H3,(H3,14,16,20). The summed E-state index contributed by atoms with van der Waals surface area (Å²) in [4.78, 5) is 10.8. The molecule has 20 heavy (non-hydrogen) atoms. The van der Waals surface area contributed by atoms with E-state index in [2.05, 4.69) is 22.7 Å². The van der Waals surface area contributed by atoms with Gasteiger partial charge in [0.15, 0.2) is 11.4 Å². The van der Waals surface area contributed by atoms with Gasteiger partial charge in [0.1, 0.15) is 5.75 Å². The highest BCUT2D eigenvalue weighted by molar-refractivity contribution is 7.80. The Morgan fingerprint density at radius 2 is 2.35 bits per heavy atom. The summed E-state index contributed by atoms with van der Waals surface area (Å²) in [5.41, 5.74) is 8.17. The van der Waals surface area contributed by atoms with Crippen LogP contribution in [-0.2, 0) is 4.74 Å². The fourth-order valence-electron chi connectivity index (χ4n) is 1.42. The number of hydrazone groups is 1. The average molecular weight is 295 g/mol. The van der Waals surface area contributed by atoms with Crippen LogP contribution in [0, 0.1) is 0 Å². The number of nitrogens with one attached hydrogen (secondary N) is 1. The lowest BCUT2D eigenvalue weighted by Gasteiger charge is -2.11. The molecule has 0 radical (unpaired) electrons. The van der Waals surface area contributed by atoms with Crippen LogP contribution >= 0.6 is 12.2 Å². The molecule has 0 aliphatic heterocycles. The van der Waals surface area contributed by atoms with Crippen LogP contribution in [0.5, 0.6) is 5.75 Å². The Labute approximate surface area is 122 Å². The Morgan fingerprint density at radius 3 is 2.95 bits per heavy atom. The predicted octanol–water partition coefficient (Wildman–Crippen LogP) is 1.52. The molecule has 0 aliphatic rings. The van der Waals surface area contributed by atoms with Crippen molar-refractivity contribution < 1.29 is 14.6 Å². The summed E-state index contributed by atoms with van der Waals surface area (Å²) in [6, 6.07) is 4.71. The Hall–Kier alpha value is -2.15. The molecular formula is C13H17N3O3S. The Morgan fingerprint density at radius 1 is 1.60 bits per heavy atom. The second-order valence-electron chi connectivity index (χ2n) is 3.96. The molecule has 7 heteroatoms. The van der Waals surface area contributed by atoms with Crippen molar-refractivity contribution >= 4 is 29.5 Å². The zero-order valence-electron chi connectivity index (χ0n) is 11.1. The lowest BCUT2D eigenvalue weighted by molar-refractivity contribution is 0.112. The molecule has 0 atom stereocenters. The molecule has 108 valence electrons. The SMILES string of the molecule is CCCCOC(=NNC(N)=S)c1cccc(C=O)c1O. The molecule has 0 unspecified atom stereocenters. The van der Waals surface area contributed by atoms with Gasteiger partial charge in [-0.25, -0.2) is 0 Å². The highest BCUT2D eigenvalue weighted by Gasteiger charge is 2.14. The average Bonchev–Trinajstić information content (AvgIpc) is 2.43. The second kappa shape index (κ2) is 8.11. The number of benzene rings is 1. The molecule has 6 nitrogen and oxygen atoms in total. The van der Waals surface area contributed by atoms with E-state index < -0.39 is 0 Å². The zero-order valence-corrected chi connectivity index (χ0v) is 11.9. The number of hydrogen-bond donors (Lipinski definition) is 3. The summed E-state index contributed by atoms with van der Waals surface area (Å²) in [7, 11) is 0. The summed E-state index contributed by atoms with van der Waals surface area (Å²) in [5, 5.41) is 13.9. The number of ether oxygens (including phenoxy) is 1. The number of hydrogen-bond acceptors (Lipinski definition) is 5. The molecule has 0 bridgehead atoms. The monoisotopic (exact) mass is 295 g/mol. The summed E-state index contributed by atoms with van der Waals surface area (Å²) in [6.45, 7) is 2.46. The lowest BCUT2D eigenvalue weighted by atomic mass is 10.1. The number of phenolic OH excluding ortho intramolecular Hbond substituents is 1. The van der Waals surface area contributed by atoms with Gasteiger partial charge < -0.3 is 15.6 Å². The number of carbonyl (C=O) groups excluding carboxylic acids is 1. The molecule has 1 aromatic carbocycles. The molecule has 0 spiro atoms. The van der Waals surface area contributed by atoms with Gasteiger partial charge in [-0.15, -0.1) is 5.10 Å². The lowest BCUT2D eigenvalue weighted by Crippen LogP contribution is -2.26. The van der Waals surface area contributed by atoms with E-state index in [9.17, 15) is 9.90 Å². The normalized spacial score (nSPS) is 10.9. The molecule has 1 aromatic rings. The maximum absolute atomic E-state index is 10.8. The quantitative estimate of drug-likeness (QED) is 0.184. The van der Waals surface area contributed by atoms with Crippen molar-refractivity contribution in [3.8, 4) is 5.75 Å². The van der Waals surface area contributed by atoms with Crippen molar-refractivity contribution in [1.29, 1.82) is 0 Å². The Kier molecular flexibility index (Phi) is 6.45. The maximum Gasteiger partial charge on any atom is 0.242 e. The minimum Gasteiger partial charge on any atom is -0.506 e. The van der Waals surface area contributed by atoms with Crippen LogP contribution in [0.1, 0.15) is 35.7 Å². The highest BCUT2D eigenvalue weighted by Crippen LogP contribution is 2.22. The number of rotatable bonds is 6. The number of unbranched alkanes of at least 4 members (excludes halogenated alkanes) is 1. The Balaban J connectivity index is 3.06. The van der Waals surface area contributed by atoms with Crippen LogP contribution < -0.4 is 11.2 Å². The van der Waals surface area contributed by atoms with Gasteiger partial charge in [0.05, 0.1) is 17.7 Å². The van der Waals surface area contributed by atoms with Gasteiger partial charge in [-0.05, 0) is 30.8 Å². The van der Waals surface area contributed by atoms with Crippen molar-refractivity contribution in [1.82, 2.24) is 5.43 Å². The van der Waals surface area contributed by atoms with Crippen LogP contribution in [-0.4, -0.2) is 29.0 Å². The van der Waals surface area contributed by atoms with Crippen LogP contribution in [0.25, 0.3) is 0 Å². The number of nitrogens with zero attached hydrogens (tertiary/aromatic N) is 1. The van der Waals surface area contributed by atoms with E-state index in [0.717, 1.165) is 12.8 Å². The first kappa shape index (κ1) is 15.9. The van der Waals surface area contributed by atoms with Crippen LogP contribution in [0.15, 0.2) is 23.3 Å². The van der Waals surface area contributed by atoms with Crippen LogP contribution in [0.3, 0.4) is 0 Å². The zero-order chi connectivity index (χ0) is 15.0. The smallest absolute Gasteiger partial charge is 0.242 e. The maximum atomic E-state index is 10.8. The van der Waals surface area contributed by atoms with E-state index in [4.69, 9.17) is 10.5 Å². The minimum absolute atomic E-state index is 0.0207. The Bertz CT molecular complexity index is 518. The summed E-state index contributed by atoms with van der Waals surface area (Å²) in [5.74, 6) is -0.0602. The van der Waals surface area contributed by atoms with Crippen molar-refractivity contribution in [2.24, 2.45) is 10.8 Å². The number of aromatic hydroxyl groups is 1. The molecule has 0 fully saturated rings. The third-order valence-electron chi connectivity index (χ3n) is 2.43. The minimum atomic E-state index is -0.192. The number of carbonyl (C=O) groups is 1. The van der Waals surface area contributed by atoms with Gasteiger partial charge in [-0.3, -0.25) is 10.2 Å². The summed E-state index contributed by atoms with van der Waals surface area (Å²) < 4.78 is 5.50. The van der Waals surface area contributed by atoms with E-state index >= 15 is 0 Å². The van der Waals surface area contributed by atoms with E-state index in [1.807, 2.05) is 6.92 Å². The largest absolute Gasteiger partial charge is 0.506 e. The second-order valence-corrected chi connectivity index (χ2v) is 4.40. The molecule has 0 aromatic heterocycles. The first-order chi connectivity index (χ1) is 9.60. The van der Waals surface area contributed by atoms with Crippen molar-refractivity contribution in [2.45, 2.75) is 19.8 Å². The van der Waals surface area contributed by atoms with Crippen LogP contribution in [0.2, 0.25) is 0 Å². The van der Waals surface area contributed by atoms with Gasteiger partial charge in [0.25, 0.3) is 0 Å². The topological polar surface area (TPSA) is 96.9 Å². The number of thiocarbonyl (C=S) groups is 1. The van der Waals surface area contributed by atoms with Gasteiger partial charge in [-0.2, -0.15) is 0 Å². The molecule has 0 saturated carbocycles. The molecule has 0 amide bonds. The fourth-order valence-corrected chi connectivity index (χ4v) is 1.46. The van der Waals surface area contributed by atoms with Gasteiger partial charge in [0.2, 0.25) is 5.90 Å². The van der Waals surface area contributed by atoms with E-state index in [1.54, 1.807) is 12.1 Å². The van der Waals surface area contributed by atoms with Crippen molar-refractivity contribution in [3.63, 3.8) is 0 Å². The van der Waals surface area contributed by atoms with E-state index in [1.165, 1.54) is 6.07 Å². The van der Waals surface area contributed by atoms with Crippen LogP contribution in [0.4, 0.5) is 0 Å². The molecule has 4 N–H and O–H groups in total. The van der Waals surface area contributed by atoms with Gasteiger partial charge in [-0.1, -0.05) is 19.4 Å². The van der Waals surface area contributed by atoms with Crippen molar-refractivity contribution in [3.05, 3.63) is 29.3 Å². The third kappa shape index (κ3) is 4.51. The van der Waals surface area contributed by atoms with Gasteiger partial charge >= 0.3 is 0 Å². The number of aldehydes is 1. The first-order valence-corrected chi connectivity index (χ1v) is 6.54. The molecule has 0 saturated heterocycles. The first-order valence-electron chi connectivity index (χ1n) is 6.13. The summed E-state index contributed by atoms with van der Waals surface area (Å²) >= 11 is 4.67. The van der Waals surface area contributed by atoms with E-state index in [-0.39, 0.29) is 22.3 Å². The third-order valence-corrected chi connectivity index (χ3v) is 2.52.